The predicted molar refractivity (Wildman–Crippen MR) is 59.1 cm³/mol. The van der Waals surface area contributed by atoms with E-state index in [-0.39, 0.29) is 5.75 Å². The van der Waals surface area contributed by atoms with Gasteiger partial charge in [0, 0.05) is 5.02 Å². The molecule has 4 heteroatoms. The average Bonchev–Trinajstić information content (AvgIpc) is 2.72. The molecule has 3 nitrogen and oxygen atoms in total. The van der Waals surface area contributed by atoms with Gasteiger partial charge in [-0.25, -0.2) is 4.99 Å². The number of benzene rings is 1. The van der Waals surface area contributed by atoms with Crippen molar-refractivity contribution in [3.8, 4) is 5.75 Å². The fraction of sp³-hybridized carbons (Fsp3) is 0. The molecular formula is C11H8ClNO2. The lowest BCUT2D eigenvalue weighted by molar-refractivity contribution is 0.477. The lowest BCUT2D eigenvalue weighted by atomic mass is 10.3. The van der Waals surface area contributed by atoms with Crippen LogP contribution in [0.1, 0.15) is 5.76 Å². The molecule has 2 aromatic rings. The molecule has 0 amide bonds. The number of phenolic OH excluding ortho intramolecular Hbond substituents is 1. The topological polar surface area (TPSA) is 45.7 Å². The highest BCUT2D eigenvalue weighted by Gasteiger charge is 1.99. The third kappa shape index (κ3) is 2.39. The maximum Gasteiger partial charge on any atom is 0.144 e. The molecule has 0 spiro atoms. The molecule has 15 heavy (non-hydrogen) atoms. The van der Waals surface area contributed by atoms with Gasteiger partial charge in [0.25, 0.3) is 0 Å². The highest BCUT2D eigenvalue weighted by Crippen LogP contribution is 2.29. The number of nitrogens with zero attached hydrogens (tertiary/aromatic N) is 1. The second kappa shape index (κ2) is 4.19. The average molecular weight is 222 g/mol. The third-order valence-corrected chi connectivity index (χ3v) is 2.05. The fourth-order valence-corrected chi connectivity index (χ4v) is 1.26. The Morgan fingerprint density at radius 2 is 2.20 bits per heavy atom. The Morgan fingerprint density at radius 1 is 1.33 bits per heavy atom. The summed E-state index contributed by atoms with van der Waals surface area (Å²) in [5.41, 5.74) is 0.416. The first kappa shape index (κ1) is 9.80. The van der Waals surface area contributed by atoms with Crippen molar-refractivity contribution in [1.82, 2.24) is 0 Å². The Morgan fingerprint density at radius 3 is 2.93 bits per heavy atom. The molecular weight excluding hydrogens is 214 g/mol. The summed E-state index contributed by atoms with van der Waals surface area (Å²) in [5, 5.41) is 9.99. The second-order valence-corrected chi connectivity index (χ2v) is 3.34. The molecule has 0 unspecified atom stereocenters. The highest BCUT2D eigenvalue weighted by atomic mass is 35.5. The van der Waals surface area contributed by atoms with Crippen LogP contribution in [0.25, 0.3) is 0 Å². The first-order chi connectivity index (χ1) is 7.25. The summed E-state index contributed by atoms with van der Waals surface area (Å²) < 4.78 is 5.06. The van der Waals surface area contributed by atoms with E-state index in [1.54, 1.807) is 30.5 Å². The van der Waals surface area contributed by atoms with Gasteiger partial charge in [-0.1, -0.05) is 11.6 Å². The summed E-state index contributed by atoms with van der Waals surface area (Å²) >= 11 is 5.77. The van der Waals surface area contributed by atoms with Gasteiger partial charge in [0.15, 0.2) is 0 Å². The molecule has 76 valence electrons. The van der Waals surface area contributed by atoms with Crippen LogP contribution in [0.5, 0.6) is 5.75 Å². The van der Waals surface area contributed by atoms with Gasteiger partial charge in [-0.15, -0.1) is 0 Å². The summed E-state index contributed by atoms with van der Waals surface area (Å²) in [5.74, 6) is 0.705. The van der Waals surface area contributed by atoms with Gasteiger partial charge < -0.3 is 9.52 Å². The minimum atomic E-state index is 0.0854. The quantitative estimate of drug-likeness (QED) is 0.790. The van der Waals surface area contributed by atoms with Crippen molar-refractivity contribution in [3.05, 3.63) is 47.4 Å². The van der Waals surface area contributed by atoms with E-state index in [9.17, 15) is 5.11 Å². The lowest BCUT2D eigenvalue weighted by Gasteiger charge is -1.97. The molecule has 0 bridgehead atoms. The minimum absolute atomic E-state index is 0.0854. The number of phenols is 1. The number of hydrogen-bond donors (Lipinski definition) is 1. The summed E-state index contributed by atoms with van der Waals surface area (Å²) in [4.78, 5) is 4.06. The molecule has 0 aliphatic heterocycles. The molecule has 2 rings (SSSR count). The van der Waals surface area contributed by atoms with Crippen LogP contribution >= 0.6 is 11.6 Å². The van der Waals surface area contributed by atoms with Crippen LogP contribution in [-0.4, -0.2) is 11.3 Å². The predicted octanol–water partition coefficient (Wildman–Crippen LogP) is 3.39. The van der Waals surface area contributed by atoms with E-state index in [0.717, 1.165) is 0 Å². The van der Waals surface area contributed by atoms with Crippen LogP contribution in [0.3, 0.4) is 0 Å². The van der Waals surface area contributed by atoms with Crippen LogP contribution in [0.15, 0.2) is 46.0 Å². The SMILES string of the molecule is Oc1ccc(Cl)cc1N=Cc1ccco1. The number of hydrogen-bond acceptors (Lipinski definition) is 3. The molecule has 0 fully saturated rings. The van der Waals surface area contributed by atoms with Crippen molar-refractivity contribution in [2.24, 2.45) is 4.99 Å². The summed E-state index contributed by atoms with van der Waals surface area (Å²) in [6, 6.07) is 8.21. The molecule has 0 atom stereocenters. The number of rotatable bonds is 2. The van der Waals surface area contributed by atoms with E-state index in [1.807, 2.05) is 0 Å². The van der Waals surface area contributed by atoms with Gasteiger partial charge in [0.2, 0.25) is 0 Å². The van der Waals surface area contributed by atoms with Crippen LogP contribution in [0, 0.1) is 0 Å². The Kier molecular flexibility index (Phi) is 2.74. The Labute approximate surface area is 91.6 Å². The first-order valence-corrected chi connectivity index (χ1v) is 4.69. The monoisotopic (exact) mass is 221 g/mol. The van der Waals surface area contributed by atoms with Crippen molar-refractivity contribution in [1.29, 1.82) is 0 Å². The van der Waals surface area contributed by atoms with Gasteiger partial charge in [0.05, 0.1) is 12.5 Å². The summed E-state index contributed by atoms with van der Waals surface area (Å²) in [6.45, 7) is 0. The summed E-state index contributed by atoms with van der Waals surface area (Å²) in [6.07, 6.45) is 3.07. The molecule has 0 radical (unpaired) electrons. The fourth-order valence-electron chi connectivity index (χ4n) is 1.10. The zero-order chi connectivity index (χ0) is 10.7. The van der Waals surface area contributed by atoms with Crippen LogP contribution in [0.4, 0.5) is 5.69 Å². The van der Waals surface area contributed by atoms with Crippen molar-refractivity contribution >= 4 is 23.5 Å². The maximum atomic E-state index is 9.46. The van der Waals surface area contributed by atoms with Crippen molar-refractivity contribution in [3.63, 3.8) is 0 Å². The molecule has 0 saturated carbocycles. The number of aliphatic imine (C=N–C) groups is 1. The van der Waals surface area contributed by atoms with Gasteiger partial charge in [-0.2, -0.15) is 0 Å². The number of halogens is 1. The van der Waals surface area contributed by atoms with Gasteiger partial charge in [0.1, 0.15) is 17.2 Å². The van der Waals surface area contributed by atoms with E-state index >= 15 is 0 Å². The van der Waals surface area contributed by atoms with Crippen LogP contribution < -0.4 is 0 Å². The zero-order valence-corrected chi connectivity index (χ0v) is 8.48. The normalized spacial score (nSPS) is 11.0. The number of furan rings is 1. The van der Waals surface area contributed by atoms with E-state index in [4.69, 9.17) is 16.0 Å². The van der Waals surface area contributed by atoms with E-state index in [2.05, 4.69) is 4.99 Å². The standard InChI is InChI=1S/C11H8ClNO2/c12-8-3-4-11(14)10(6-8)13-7-9-2-1-5-15-9/h1-7,14H. The molecule has 1 heterocycles. The molecule has 0 saturated heterocycles. The van der Waals surface area contributed by atoms with Crippen LogP contribution in [0.2, 0.25) is 5.02 Å². The third-order valence-electron chi connectivity index (χ3n) is 1.81. The Bertz CT molecular complexity index is 477. The Hall–Kier alpha value is -1.74. The molecule has 0 aliphatic rings. The zero-order valence-electron chi connectivity index (χ0n) is 7.72. The van der Waals surface area contributed by atoms with Crippen molar-refractivity contribution < 1.29 is 9.52 Å². The van der Waals surface area contributed by atoms with E-state index in [1.165, 1.54) is 12.3 Å². The van der Waals surface area contributed by atoms with Gasteiger partial charge in [-0.3, -0.25) is 0 Å². The van der Waals surface area contributed by atoms with E-state index < -0.39 is 0 Å². The largest absolute Gasteiger partial charge is 0.506 e. The second-order valence-electron chi connectivity index (χ2n) is 2.91. The minimum Gasteiger partial charge on any atom is -0.506 e. The molecule has 1 aromatic carbocycles. The molecule has 0 aliphatic carbocycles. The highest BCUT2D eigenvalue weighted by molar-refractivity contribution is 6.30. The first-order valence-electron chi connectivity index (χ1n) is 4.32. The maximum absolute atomic E-state index is 9.46. The van der Waals surface area contributed by atoms with Gasteiger partial charge in [-0.05, 0) is 30.3 Å². The van der Waals surface area contributed by atoms with E-state index in [0.29, 0.717) is 16.5 Å². The smallest absolute Gasteiger partial charge is 0.144 e. The number of aromatic hydroxyl groups is 1. The van der Waals surface area contributed by atoms with Crippen molar-refractivity contribution in [2.75, 3.05) is 0 Å². The summed E-state index contributed by atoms with van der Waals surface area (Å²) in [7, 11) is 0. The lowest BCUT2D eigenvalue weighted by Crippen LogP contribution is -1.75. The molecule has 1 aromatic heterocycles. The van der Waals surface area contributed by atoms with Crippen molar-refractivity contribution in [2.45, 2.75) is 0 Å². The Balaban J connectivity index is 2.27. The molecule has 1 N–H and O–H groups in total. The van der Waals surface area contributed by atoms with Gasteiger partial charge >= 0.3 is 0 Å². The van der Waals surface area contributed by atoms with Crippen LogP contribution in [-0.2, 0) is 0 Å².